The summed E-state index contributed by atoms with van der Waals surface area (Å²) in [6, 6.07) is 10.7. The average molecular weight is 368 g/mol. The molecule has 0 bridgehead atoms. The summed E-state index contributed by atoms with van der Waals surface area (Å²) in [5, 5.41) is 12.6. The molecule has 1 atom stereocenters. The first-order valence-electron chi connectivity index (χ1n) is 8.71. The summed E-state index contributed by atoms with van der Waals surface area (Å²) in [7, 11) is 0. The third-order valence-electron chi connectivity index (χ3n) is 4.78. The summed E-state index contributed by atoms with van der Waals surface area (Å²) in [6.07, 6.45) is 4.09. The van der Waals surface area contributed by atoms with Crippen molar-refractivity contribution in [3.8, 4) is 11.3 Å². The van der Waals surface area contributed by atoms with E-state index in [0.717, 1.165) is 31.8 Å². The fourth-order valence-corrected chi connectivity index (χ4v) is 4.27. The minimum Gasteiger partial charge on any atom is -0.478 e. The highest BCUT2D eigenvalue weighted by Gasteiger charge is 2.24. The Bertz CT molecular complexity index is 888. The second-order valence-corrected chi connectivity index (χ2v) is 7.62. The Balaban J connectivity index is 1.41. The molecule has 6 heteroatoms. The van der Waals surface area contributed by atoms with Gasteiger partial charge >= 0.3 is 5.97 Å². The molecule has 1 unspecified atom stereocenters. The van der Waals surface area contributed by atoms with Crippen LogP contribution in [-0.2, 0) is 13.0 Å². The van der Waals surface area contributed by atoms with E-state index in [9.17, 15) is 9.90 Å². The standard InChI is InChI=1S/C20H20N2O3S/c23-20(24)17-4-2-1-3-16(17)18-6-5-15(25-18)13-22-9-7-14(12-22)11-19-21-8-10-26-19/h1-6,8,10,14H,7,9,11-13H2,(H,23,24). The van der Waals surface area contributed by atoms with Crippen molar-refractivity contribution in [1.29, 1.82) is 0 Å². The highest BCUT2D eigenvalue weighted by molar-refractivity contribution is 7.09. The fraction of sp³-hybridized carbons (Fsp3) is 0.300. The number of nitrogens with zero attached hydrogens (tertiary/aromatic N) is 2. The Morgan fingerprint density at radius 3 is 3.00 bits per heavy atom. The van der Waals surface area contributed by atoms with Crippen molar-refractivity contribution >= 4 is 17.3 Å². The minimum atomic E-state index is -0.942. The van der Waals surface area contributed by atoms with Gasteiger partial charge in [0.05, 0.1) is 17.1 Å². The molecule has 0 aliphatic carbocycles. The maximum absolute atomic E-state index is 11.4. The second kappa shape index (κ2) is 7.43. The molecule has 4 rings (SSSR count). The Hall–Kier alpha value is -2.44. The van der Waals surface area contributed by atoms with Crippen LogP contribution in [0, 0.1) is 5.92 Å². The van der Waals surface area contributed by atoms with Gasteiger partial charge < -0.3 is 9.52 Å². The van der Waals surface area contributed by atoms with E-state index in [0.29, 0.717) is 17.2 Å². The number of thiazole rings is 1. The lowest BCUT2D eigenvalue weighted by atomic mass is 10.1. The molecular weight excluding hydrogens is 348 g/mol. The summed E-state index contributed by atoms with van der Waals surface area (Å²) in [5.41, 5.74) is 0.882. The molecule has 0 radical (unpaired) electrons. The monoisotopic (exact) mass is 368 g/mol. The van der Waals surface area contributed by atoms with E-state index >= 15 is 0 Å². The first-order valence-corrected chi connectivity index (χ1v) is 9.59. The quantitative estimate of drug-likeness (QED) is 0.707. The van der Waals surface area contributed by atoms with Crippen molar-refractivity contribution in [2.75, 3.05) is 13.1 Å². The first-order chi connectivity index (χ1) is 12.7. The molecule has 1 aliphatic rings. The maximum Gasteiger partial charge on any atom is 0.336 e. The molecule has 1 aliphatic heterocycles. The first kappa shape index (κ1) is 17.0. The van der Waals surface area contributed by atoms with Gasteiger partial charge in [-0.25, -0.2) is 9.78 Å². The molecule has 134 valence electrons. The van der Waals surface area contributed by atoms with E-state index in [-0.39, 0.29) is 5.56 Å². The van der Waals surface area contributed by atoms with Gasteiger partial charge in [-0.15, -0.1) is 11.3 Å². The average Bonchev–Trinajstić information content (AvgIpc) is 3.38. The van der Waals surface area contributed by atoms with Crippen LogP contribution in [0.25, 0.3) is 11.3 Å². The zero-order valence-electron chi connectivity index (χ0n) is 14.3. The van der Waals surface area contributed by atoms with Gasteiger partial charge in [0.25, 0.3) is 0 Å². The van der Waals surface area contributed by atoms with Crippen LogP contribution in [0.1, 0.15) is 27.5 Å². The van der Waals surface area contributed by atoms with Crippen molar-refractivity contribution in [1.82, 2.24) is 9.88 Å². The van der Waals surface area contributed by atoms with E-state index in [1.54, 1.807) is 29.5 Å². The van der Waals surface area contributed by atoms with Crippen LogP contribution in [0.2, 0.25) is 0 Å². The summed E-state index contributed by atoms with van der Waals surface area (Å²) >= 11 is 1.72. The topological polar surface area (TPSA) is 66.6 Å². The number of rotatable bonds is 6. The van der Waals surface area contributed by atoms with Crippen molar-refractivity contribution < 1.29 is 14.3 Å². The van der Waals surface area contributed by atoms with Crippen LogP contribution < -0.4 is 0 Å². The molecule has 3 aromatic rings. The van der Waals surface area contributed by atoms with Crippen LogP contribution in [0.3, 0.4) is 0 Å². The molecule has 0 saturated carbocycles. The number of likely N-dealkylation sites (tertiary alicyclic amines) is 1. The molecule has 26 heavy (non-hydrogen) atoms. The molecule has 5 nitrogen and oxygen atoms in total. The number of hydrogen-bond acceptors (Lipinski definition) is 5. The normalized spacial score (nSPS) is 17.6. The summed E-state index contributed by atoms with van der Waals surface area (Å²) in [4.78, 5) is 18.2. The van der Waals surface area contributed by atoms with E-state index in [1.165, 1.54) is 11.4 Å². The number of aromatic nitrogens is 1. The predicted molar refractivity (Wildman–Crippen MR) is 100 cm³/mol. The fourth-order valence-electron chi connectivity index (χ4n) is 3.54. The number of carboxylic acid groups (broad SMARTS) is 1. The smallest absolute Gasteiger partial charge is 0.336 e. The van der Waals surface area contributed by atoms with Gasteiger partial charge in [0, 0.05) is 30.1 Å². The third kappa shape index (κ3) is 3.71. The largest absolute Gasteiger partial charge is 0.478 e. The molecule has 0 spiro atoms. The number of carbonyl (C=O) groups is 1. The number of carboxylic acids is 1. The summed E-state index contributed by atoms with van der Waals surface area (Å²) in [5.74, 6) is 1.18. The lowest BCUT2D eigenvalue weighted by Crippen LogP contribution is -2.20. The predicted octanol–water partition coefficient (Wildman–Crippen LogP) is 4.17. The minimum absolute atomic E-state index is 0.262. The molecule has 0 amide bonds. The molecule has 3 heterocycles. The SMILES string of the molecule is O=C(O)c1ccccc1-c1ccc(CN2CCC(Cc3nccs3)C2)o1. The lowest BCUT2D eigenvalue weighted by Gasteiger charge is -2.14. The summed E-state index contributed by atoms with van der Waals surface area (Å²) in [6.45, 7) is 2.85. The van der Waals surface area contributed by atoms with Gasteiger partial charge in [-0.05, 0) is 37.1 Å². The Morgan fingerprint density at radius 1 is 1.31 bits per heavy atom. The van der Waals surface area contributed by atoms with Gasteiger partial charge in [0.2, 0.25) is 0 Å². The van der Waals surface area contributed by atoms with Gasteiger partial charge in [0.1, 0.15) is 11.5 Å². The number of hydrogen-bond donors (Lipinski definition) is 1. The zero-order chi connectivity index (χ0) is 17.9. The maximum atomic E-state index is 11.4. The van der Waals surface area contributed by atoms with E-state index in [4.69, 9.17) is 4.42 Å². The van der Waals surface area contributed by atoms with Crippen molar-refractivity contribution in [3.05, 3.63) is 64.3 Å². The van der Waals surface area contributed by atoms with E-state index < -0.39 is 5.97 Å². The van der Waals surface area contributed by atoms with E-state index in [2.05, 4.69) is 9.88 Å². The lowest BCUT2D eigenvalue weighted by molar-refractivity contribution is 0.0697. The second-order valence-electron chi connectivity index (χ2n) is 6.64. The molecule has 2 aromatic heterocycles. The third-order valence-corrected chi connectivity index (χ3v) is 5.58. The van der Waals surface area contributed by atoms with Crippen molar-refractivity contribution in [2.24, 2.45) is 5.92 Å². The van der Waals surface area contributed by atoms with Crippen LogP contribution >= 0.6 is 11.3 Å². The van der Waals surface area contributed by atoms with Crippen LogP contribution in [-0.4, -0.2) is 34.0 Å². The Labute approximate surface area is 155 Å². The molecule has 1 fully saturated rings. The van der Waals surface area contributed by atoms with Gasteiger partial charge in [-0.2, -0.15) is 0 Å². The van der Waals surface area contributed by atoms with Gasteiger partial charge in [-0.3, -0.25) is 4.90 Å². The highest BCUT2D eigenvalue weighted by atomic mass is 32.1. The zero-order valence-corrected chi connectivity index (χ0v) is 15.1. The molecule has 1 saturated heterocycles. The number of furan rings is 1. The molecule has 1 N–H and O–H groups in total. The van der Waals surface area contributed by atoms with Crippen molar-refractivity contribution in [3.63, 3.8) is 0 Å². The van der Waals surface area contributed by atoms with Crippen LogP contribution in [0.5, 0.6) is 0 Å². The highest BCUT2D eigenvalue weighted by Crippen LogP contribution is 2.28. The van der Waals surface area contributed by atoms with Gasteiger partial charge in [-0.1, -0.05) is 18.2 Å². The molecular formula is C20H20N2O3S. The van der Waals surface area contributed by atoms with Crippen LogP contribution in [0.15, 0.2) is 52.4 Å². The van der Waals surface area contributed by atoms with Crippen LogP contribution in [0.4, 0.5) is 0 Å². The van der Waals surface area contributed by atoms with E-state index in [1.807, 2.05) is 29.8 Å². The Morgan fingerprint density at radius 2 is 2.19 bits per heavy atom. The summed E-state index contributed by atoms with van der Waals surface area (Å²) < 4.78 is 5.95. The Kier molecular flexibility index (Phi) is 4.86. The van der Waals surface area contributed by atoms with Gasteiger partial charge in [0.15, 0.2) is 0 Å². The number of benzene rings is 1. The molecule has 1 aromatic carbocycles. The number of aromatic carboxylic acids is 1. The van der Waals surface area contributed by atoms with Crippen molar-refractivity contribution in [2.45, 2.75) is 19.4 Å².